The van der Waals surface area contributed by atoms with Crippen molar-refractivity contribution in [1.29, 1.82) is 5.41 Å². The van der Waals surface area contributed by atoms with E-state index in [4.69, 9.17) is 5.41 Å². The highest BCUT2D eigenvalue weighted by atomic mass is 14.3. The SMILES string of the molecule is [CH2][C@H](C)CC=N. The summed E-state index contributed by atoms with van der Waals surface area (Å²) >= 11 is 0. The van der Waals surface area contributed by atoms with Crippen molar-refractivity contribution < 1.29 is 0 Å². The van der Waals surface area contributed by atoms with Crippen LogP contribution in [0.5, 0.6) is 0 Å². The smallest absolute Gasteiger partial charge is 0.00451 e. The fourth-order valence-electron chi connectivity index (χ4n) is 0.201. The maximum Gasteiger partial charge on any atom is -0.00451 e. The number of hydrogen-bond donors (Lipinski definition) is 1. The van der Waals surface area contributed by atoms with E-state index in [1.807, 2.05) is 6.92 Å². The van der Waals surface area contributed by atoms with Crippen LogP contribution in [0.1, 0.15) is 13.3 Å². The number of rotatable bonds is 2. The molecule has 0 aliphatic carbocycles. The highest BCUT2D eigenvalue weighted by molar-refractivity contribution is 5.53. The van der Waals surface area contributed by atoms with E-state index in [1.165, 1.54) is 6.21 Å². The second-order valence-corrected chi connectivity index (χ2v) is 1.54. The van der Waals surface area contributed by atoms with E-state index >= 15 is 0 Å². The van der Waals surface area contributed by atoms with Gasteiger partial charge in [-0.05, 0) is 18.6 Å². The topological polar surface area (TPSA) is 23.9 Å². The van der Waals surface area contributed by atoms with Gasteiger partial charge in [-0.25, -0.2) is 0 Å². The standard InChI is InChI=1S/C5H10N/c1-5(2)3-4-6/h4-6H,1,3H2,2H3/t5-/m1/s1. The van der Waals surface area contributed by atoms with Crippen LogP contribution in [0.3, 0.4) is 0 Å². The molecule has 0 aromatic rings. The lowest BCUT2D eigenvalue weighted by molar-refractivity contribution is 0.770. The van der Waals surface area contributed by atoms with Crippen molar-refractivity contribution >= 4 is 6.21 Å². The molecule has 0 saturated carbocycles. The van der Waals surface area contributed by atoms with Gasteiger partial charge in [-0.15, -0.1) is 0 Å². The lowest BCUT2D eigenvalue weighted by Crippen LogP contribution is -1.84. The zero-order chi connectivity index (χ0) is 4.99. The summed E-state index contributed by atoms with van der Waals surface area (Å²) in [4.78, 5) is 0. The van der Waals surface area contributed by atoms with Gasteiger partial charge in [0.05, 0.1) is 0 Å². The van der Waals surface area contributed by atoms with E-state index in [2.05, 4.69) is 6.92 Å². The quantitative estimate of drug-likeness (QED) is 0.490. The van der Waals surface area contributed by atoms with Crippen molar-refractivity contribution in [2.75, 3.05) is 0 Å². The average Bonchev–Trinajstić information content (AvgIpc) is 1.35. The second-order valence-electron chi connectivity index (χ2n) is 1.54. The summed E-state index contributed by atoms with van der Waals surface area (Å²) in [7, 11) is 0. The Kier molecular flexibility index (Phi) is 2.73. The molecule has 1 heteroatoms. The van der Waals surface area contributed by atoms with Gasteiger partial charge in [-0.2, -0.15) is 0 Å². The molecule has 0 aliphatic heterocycles. The molecule has 1 N–H and O–H groups in total. The van der Waals surface area contributed by atoms with E-state index in [-0.39, 0.29) is 0 Å². The van der Waals surface area contributed by atoms with Crippen LogP contribution in [0.25, 0.3) is 0 Å². The zero-order valence-electron chi connectivity index (χ0n) is 4.07. The van der Waals surface area contributed by atoms with Crippen molar-refractivity contribution in [3.63, 3.8) is 0 Å². The van der Waals surface area contributed by atoms with Gasteiger partial charge < -0.3 is 5.41 Å². The Bertz CT molecular complexity index is 39.2. The predicted molar refractivity (Wildman–Crippen MR) is 27.9 cm³/mol. The van der Waals surface area contributed by atoms with Crippen LogP contribution in [0.2, 0.25) is 0 Å². The third kappa shape index (κ3) is 3.67. The van der Waals surface area contributed by atoms with E-state index in [9.17, 15) is 0 Å². The lowest BCUT2D eigenvalue weighted by Gasteiger charge is -1.91. The molecule has 1 nitrogen and oxygen atoms in total. The van der Waals surface area contributed by atoms with Gasteiger partial charge >= 0.3 is 0 Å². The van der Waals surface area contributed by atoms with Gasteiger partial charge in [0.1, 0.15) is 0 Å². The maximum atomic E-state index is 6.57. The van der Waals surface area contributed by atoms with Crippen molar-refractivity contribution in [1.82, 2.24) is 0 Å². The van der Waals surface area contributed by atoms with Gasteiger partial charge in [0, 0.05) is 0 Å². The van der Waals surface area contributed by atoms with Crippen molar-refractivity contribution in [2.45, 2.75) is 13.3 Å². The fraction of sp³-hybridized carbons (Fsp3) is 0.600. The molecular formula is C5H10N. The molecule has 6 heavy (non-hydrogen) atoms. The van der Waals surface area contributed by atoms with Crippen molar-refractivity contribution in [3.8, 4) is 0 Å². The first-order valence-electron chi connectivity index (χ1n) is 2.09. The average molecular weight is 84.1 g/mol. The largest absolute Gasteiger partial charge is 0.313 e. The van der Waals surface area contributed by atoms with Crippen LogP contribution < -0.4 is 0 Å². The molecule has 0 aliphatic rings. The Balaban J connectivity index is 2.81. The minimum atomic E-state index is 0.405. The van der Waals surface area contributed by atoms with Gasteiger partial charge in [0.25, 0.3) is 0 Å². The molecule has 1 radical (unpaired) electrons. The molecule has 0 rings (SSSR count). The molecule has 0 heterocycles. The lowest BCUT2D eigenvalue weighted by atomic mass is 10.2. The van der Waals surface area contributed by atoms with Crippen LogP contribution in [-0.4, -0.2) is 6.21 Å². The minimum Gasteiger partial charge on any atom is -0.313 e. The molecule has 1 atom stereocenters. The number of hydrogen-bond acceptors (Lipinski definition) is 1. The van der Waals surface area contributed by atoms with Crippen molar-refractivity contribution in [3.05, 3.63) is 6.92 Å². The molecule has 0 bridgehead atoms. The molecule has 0 unspecified atom stereocenters. The van der Waals surface area contributed by atoms with Crippen LogP contribution in [0, 0.1) is 18.3 Å². The highest BCUT2D eigenvalue weighted by Crippen LogP contribution is 1.92. The third-order valence-electron chi connectivity index (χ3n) is 0.520. The first-order valence-corrected chi connectivity index (χ1v) is 2.09. The molecule has 0 spiro atoms. The van der Waals surface area contributed by atoms with Gasteiger partial charge in [0.2, 0.25) is 0 Å². The highest BCUT2D eigenvalue weighted by Gasteiger charge is 1.84. The number of nitrogens with one attached hydrogen (secondary N) is 1. The fourth-order valence-corrected chi connectivity index (χ4v) is 0.201. The van der Waals surface area contributed by atoms with E-state index in [1.54, 1.807) is 0 Å². The Morgan fingerprint density at radius 2 is 2.50 bits per heavy atom. The second kappa shape index (κ2) is 2.88. The van der Waals surface area contributed by atoms with Crippen LogP contribution in [0.15, 0.2) is 0 Å². The van der Waals surface area contributed by atoms with Gasteiger partial charge in [-0.1, -0.05) is 13.8 Å². The summed E-state index contributed by atoms with van der Waals surface area (Å²) in [6.07, 6.45) is 2.19. The van der Waals surface area contributed by atoms with E-state index in [0.29, 0.717) is 5.92 Å². The molecule has 0 fully saturated rings. The monoisotopic (exact) mass is 84.1 g/mol. The summed E-state index contributed by atoms with van der Waals surface area (Å²) in [5.41, 5.74) is 0. The maximum absolute atomic E-state index is 6.57. The summed E-state index contributed by atoms with van der Waals surface area (Å²) in [5, 5.41) is 6.57. The molecule has 35 valence electrons. The first kappa shape index (κ1) is 5.67. The first-order chi connectivity index (χ1) is 2.77. The van der Waals surface area contributed by atoms with Crippen molar-refractivity contribution in [2.24, 2.45) is 5.92 Å². The van der Waals surface area contributed by atoms with Gasteiger partial charge in [0.15, 0.2) is 0 Å². The summed E-state index contributed by atoms with van der Waals surface area (Å²) in [6.45, 7) is 5.67. The van der Waals surface area contributed by atoms with Crippen LogP contribution in [0.4, 0.5) is 0 Å². The predicted octanol–water partition coefficient (Wildman–Crippen LogP) is 1.50. The summed E-state index contributed by atoms with van der Waals surface area (Å²) in [5.74, 6) is 0.405. The summed E-state index contributed by atoms with van der Waals surface area (Å²) in [6, 6.07) is 0. The Hall–Kier alpha value is -0.330. The van der Waals surface area contributed by atoms with Gasteiger partial charge in [-0.3, -0.25) is 0 Å². The zero-order valence-corrected chi connectivity index (χ0v) is 4.07. The van der Waals surface area contributed by atoms with E-state index < -0.39 is 0 Å². The Morgan fingerprint density at radius 1 is 2.00 bits per heavy atom. The molecule has 0 amide bonds. The molecule has 0 saturated heterocycles. The molecule has 0 aromatic heterocycles. The minimum absolute atomic E-state index is 0.405. The third-order valence-corrected chi connectivity index (χ3v) is 0.520. The van der Waals surface area contributed by atoms with E-state index in [0.717, 1.165) is 6.42 Å². The summed E-state index contributed by atoms with van der Waals surface area (Å²) < 4.78 is 0. The van der Waals surface area contributed by atoms with Crippen LogP contribution in [-0.2, 0) is 0 Å². The Morgan fingerprint density at radius 3 is 2.50 bits per heavy atom. The normalized spacial score (nSPS) is 9.17. The molecule has 0 aromatic carbocycles. The Labute approximate surface area is 38.9 Å². The molecular weight excluding hydrogens is 74.1 g/mol. The van der Waals surface area contributed by atoms with Crippen LogP contribution >= 0.6 is 0 Å².